The summed E-state index contributed by atoms with van der Waals surface area (Å²) in [6.07, 6.45) is 8.46. The average molecular weight is 211 g/mol. The Morgan fingerprint density at radius 3 is 3.07 bits per heavy atom. The van der Waals surface area contributed by atoms with E-state index in [1.807, 2.05) is 0 Å². The van der Waals surface area contributed by atoms with Gasteiger partial charge in [-0.2, -0.15) is 0 Å². The minimum Gasteiger partial charge on any atom is -0.393 e. The second kappa shape index (κ2) is 6.62. The average Bonchev–Trinajstić information content (AvgIpc) is 2.64. The topological polar surface area (TPSA) is 49.3 Å². The van der Waals surface area contributed by atoms with Crippen LogP contribution < -0.4 is 5.32 Å². The molecule has 0 heterocycles. The Balaban J connectivity index is 2.00. The van der Waals surface area contributed by atoms with E-state index < -0.39 is 0 Å². The van der Waals surface area contributed by atoms with E-state index in [1.165, 1.54) is 0 Å². The number of carbonyl (C=O) groups is 1. The molecule has 15 heavy (non-hydrogen) atoms. The first-order valence-corrected chi connectivity index (χ1v) is 5.80. The van der Waals surface area contributed by atoms with Gasteiger partial charge in [0.15, 0.2) is 0 Å². The highest BCUT2D eigenvalue weighted by molar-refractivity contribution is 5.76. The molecule has 2 N–H and O–H groups in total. The normalized spacial score (nSPS) is 21.6. The molecule has 1 aliphatic carbocycles. The Kier molecular flexibility index (Phi) is 5.40. The van der Waals surface area contributed by atoms with Crippen molar-refractivity contribution < 1.29 is 9.90 Å². The largest absolute Gasteiger partial charge is 0.393 e. The molecule has 2 unspecified atom stereocenters. The van der Waals surface area contributed by atoms with Crippen molar-refractivity contribution in [2.75, 3.05) is 6.54 Å². The number of aliphatic hydroxyl groups is 1. The van der Waals surface area contributed by atoms with Gasteiger partial charge in [0, 0.05) is 13.0 Å². The van der Waals surface area contributed by atoms with Gasteiger partial charge in [-0.25, -0.2) is 0 Å². The predicted molar refractivity (Wildman–Crippen MR) is 60.4 cm³/mol. The molecule has 3 heteroatoms. The molecule has 0 aromatic rings. The number of carbonyl (C=O) groups excluding carboxylic acids is 1. The Morgan fingerprint density at radius 1 is 1.67 bits per heavy atom. The van der Waals surface area contributed by atoms with E-state index in [0.29, 0.717) is 18.9 Å². The fourth-order valence-electron chi connectivity index (χ4n) is 1.80. The molecule has 1 rings (SSSR count). The van der Waals surface area contributed by atoms with Crippen LogP contribution in [0.4, 0.5) is 0 Å². The van der Waals surface area contributed by atoms with E-state index in [1.54, 1.807) is 6.92 Å². The summed E-state index contributed by atoms with van der Waals surface area (Å²) >= 11 is 0. The monoisotopic (exact) mass is 211 g/mol. The Hall–Kier alpha value is -0.830. The second-order valence-corrected chi connectivity index (χ2v) is 4.31. The number of hydrogen-bond donors (Lipinski definition) is 2. The van der Waals surface area contributed by atoms with Gasteiger partial charge in [0.25, 0.3) is 0 Å². The second-order valence-electron chi connectivity index (χ2n) is 4.31. The van der Waals surface area contributed by atoms with Gasteiger partial charge in [-0.1, -0.05) is 12.2 Å². The van der Waals surface area contributed by atoms with Crippen molar-refractivity contribution in [3.05, 3.63) is 12.2 Å². The van der Waals surface area contributed by atoms with Gasteiger partial charge < -0.3 is 10.4 Å². The lowest BCUT2D eigenvalue weighted by molar-refractivity contribution is -0.121. The molecule has 86 valence electrons. The Morgan fingerprint density at radius 2 is 2.47 bits per heavy atom. The van der Waals surface area contributed by atoms with Gasteiger partial charge in [0.1, 0.15) is 0 Å². The first kappa shape index (κ1) is 12.2. The van der Waals surface area contributed by atoms with Crippen LogP contribution in [0.25, 0.3) is 0 Å². The molecule has 0 saturated carbocycles. The fourth-order valence-corrected chi connectivity index (χ4v) is 1.80. The van der Waals surface area contributed by atoms with Crippen molar-refractivity contribution >= 4 is 5.91 Å². The summed E-state index contributed by atoms with van der Waals surface area (Å²) < 4.78 is 0. The van der Waals surface area contributed by atoms with Crippen molar-refractivity contribution in [1.29, 1.82) is 0 Å². The van der Waals surface area contributed by atoms with E-state index in [9.17, 15) is 4.79 Å². The smallest absolute Gasteiger partial charge is 0.220 e. The summed E-state index contributed by atoms with van der Waals surface area (Å²) in [7, 11) is 0. The van der Waals surface area contributed by atoms with E-state index in [4.69, 9.17) is 5.11 Å². The maximum absolute atomic E-state index is 11.4. The first-order chi connectivity index (χ1) is 7.18. The molecular formula is C12H21NO2. The van der Waals surface area contributed by atoms with Crippen molar-refractivity contribution in [3.63, 3.8) is 0 Å². The van der Waals surface area contributed by atoms with Crippen LogP contribution in [0.2, 0.25) is 0 Å². The van der Waals surface area contributed by atoms with Gasteiger partial charge in [-0.05, 0) is 38.5 Å². The highest BCUT2D eigenvalue weighted by Crippen LogP contribution is 2.19. The zero-order chi connectivity index (χ0) is 11.1. The van der Waals surface area contributed by atoms with Crippen LogP contribution >= 0.6 is 0 Å². The molecule has 0 saturated heterocycles. The highest BCUT2D eigenvalue weighted by atomic mass is 16.3. The number of aliphatic hydroxyl groups excluding tert-OH is 1. The SMILES string of the molecule is CC(O)CCCNC(=O)CC1C=CCC1. The number of amides is 1. The Bertz CT molecular complexity index is 224. The summed E-state index contributed by atoms with van der Waals surface area (Å²) in [6.45, 7) is 2.45. The predicted octanol–water partition coefficient (Wildman–Crippen LogP) is 1.62. The van der Waals surface area contributed by atoms with E-state index >= 15 is 0 Å². The van der Waals surface area contributed by atoms with Crippen LogP contribution in [-0.4, -0.2) is 23.7 Å². The van der Waals surface area contributed by atoms with Crippen molar-refractivity contribution in [3.8, 4) is 0 Å². The maximum Gasteiger partial charge on any atom is 0.220 e. The molecule has 1 aliphatic rings. The van der Waals surface area contributed by atoms with Gasteiger partial charge >= 0.3 is 0 Å². The number of hydrogen-bond acceptors (Lipinski definition) is 2. The van der Waals surface area contributed by atoms with Crippen LogP contribution in [0.5, 0.6) is 0 Å². The van der Waals surface area contributed by atoms with E-state index in [0.717, 1.165) is 25.7 Å². The number of allylic oxidation sites excluding steroid dienone is 2. The number of rotatable bonds is 6. The van der Waals surface area contributed by atoms with Crippen molar-refractivity contribution in [2.45, 2.75) is 45.1 Å². The number of nitrogens with one attached hydrogen (secondary N) is 1. The summed E-state index contributed by atoms with van der Waals surface area (Å²) in [6, 6.07) is 0. The van der Waals surface area contributed by atoms with Gasteiger partial charge in [-0.15, -0.1) is 0 Å². The Labute approximate surface area is 91.6 Å². The molecule has 0 aromatic carbocycles. The van der Waals surface area contributed by atoms with Crippen LogP contribution in [0.3, 0.4) is 0 Å². The van der Waals surface area contributed by atoms with Gasteiger partial charge in [0.2, 0.25) is 5.91 Å². The third kappa shape index (κ3) is 5.57. The zero-order valence-corrected chi connectivity index (χ0v) is 9.41. The third-order valence-corrected chi connectivity index (χ3v) is 2.68. The molecule has 3 nitrogen and oxygen atoms in total. The molecular weight excluding hydrogens is 190 g/mol. The van der Waals surface area contributed by atoms with Gasteiger partial charge in [0.05, 0.1) is 6.10 Å². The van der Waals surface area contributed by atoms with Crippen LogP contribution in [0, 0.1) is 5.92 Å². The molecule has 0 radical (unpaired) electrons. The maximum atomic E-state index is 11.4. The quantitative estimate of drug-likeness (QED) is 0.518. The van der Waals surface area contributed by atoms with Gasteiger partial charge in [-0.3, -0.25) is 4.79 Å². The highest BCUT2D eigenvalue weighted by Gasteiger charge is 2.13. The lowest BCUT2D eigenvalue weighted by atomic mass is 10.1. The standard InChI is InChI=1S/C12H21NO2/c1-10(14)5-4-8-13-12(15)9-11-6-2-3-7-11/h2,6,10-11,14H,3-5,7-9H2,1H3,(H,13,15). The van der Waals surface area contributed by atoms with Crippen LogP contribution in [0.1, 0.15) is 39.0 Å². The lowest BCUT2D eigenvalue weighted by Crippen LogP contribution is -2.26. The molecule has 0 spiro atoms. The van der Waals surface area contributed by atoms with E-state index in [2.05, 4.69) is 17.5 Å². The first-order valence-electron chi connectivity index (χ1n) is 5.80. The third-order valence-electron chi connectivity index (χ3n) is 2.68. The molecule has 0 bridgehead atoms. The molecule has 2 atom stereocenters. The van der Waals surface area contributed by atoms with Crippen molar-refractivity contribution in [1.82, 2.24) is 5.32 Å². The minimum atomic E-state index is -0.264. The molecule has 0 aliphatic heterocycles. The molecule has 0 fully saturated rings. The minimum absolute atomic E-state index is 0.136. The summed E-state index contributed by atoms with van der Waals surface area (Å²) in [5.74, 6) is 0.582. The molecule has 0 aromatic heterocycles. The molecule has 1 amide bonds. The van der Waals surface area contributed by atoms with Crippen LogP contribution in [-0.2, 0) is 4.79 Å². The van der Waals surface area contributed by atoms with Crippen LogP contribution in [0.15, 0.2) is 12.2 Å². The van der Waals surface area contributed by atoms with Crippen molar-refractivity contribution in [2.24, 2.45) is 5.92 Å². The summed E-state index contributed by atoms with van der Waals surface area (Å²) in [5.41, 5.74) is 0. The van der Waals surface area contributed by atoms with E-state index in [-0.39, 0.29) is 12.0 Å². The summed E-state index contributed by atoms with van der Waals surface area (Å²) in [4.78, 5) is 11.4. The summed E-state index contributed by atoms with van der Waals surface area (Å²) in [5, 5.41) is 11.9. The zero-order valence-electron chi connectivity index (χ0n) is 9.41. The lowest BCUT2D eigenvalue weighted by Gasteiger charge is -2.09. The fraction of sp³-hybridized carbons (Fsp3) is 0.750.